The summed E-state index contributed by atoms with van der Waals surface area (Å²) in [5, 5.41) is 11.3. The second kappa shape index (κ2) is 9.14. The highest BCUT2D eigenvalue weighted by molar-refractivity contribution is 6.10. The summed E-state index contributed by atoms with van der Waals surface area (Å²) in [6.07, 6.45) is 0. The van der Waals surface area contributed by atoms with E-state index in [9.17, 15) is 0 Å². The maximum absolute atomic E-state index is 3.75. The number of benzene rings is 7. The summed E-state index contributed by atoms with van der Waals surface area (Å²) in [7, 11) is 0. The molecule has 40 heavy (non-hydrogen) atoms. The quantitative estimate of drug-likeness (QED) is 0.233. The molecule has 0 aliphatic rings. The third kappa shape index (κ3) is 3.58. The zero-order valence-corrected chi connectivity index (χ0v) is 21.9. The number of nitrogens with zero attached hydrogens (tertiary/aromatic N) is 1. The van der Waals surface area contributed by atoms with E-state index >= 15 is 0 Å². The van der Waals surface area contributed by atoms with Crippen molar-refractivity contribution in [3.05, 3.63) is 152 Å². The molecule has 2 heteroatoms. The standard InChI is InChI=1S/C38H26N2/c1-2-12-29-26(11-1)21-22-27-25-28(23-24-30(27)29)39-35-17-7-3-13-31(35)32-14-4-8-18-36(32)40-37-19-9-5-15-33(37)34-16-6-10-20-38(34)40/h1-25,39H. The minimum absolute atomic E-state index is 1.07. The normalized spacial score (nSPS) is 11.5. The number of para-hydroxylation sites is 4. The summed E-state index contributed by atoms with van der Waals surface area (Å²) in [5.74, 6) is 0. The van der Waals surface area contributed by atoms with Crippen LogP contribution in [0.5, 0.6) is 0 Å². The molecule has 0 saturated heterocycles. The van der Waals surface area contributed by atoms with Crippen molar-refractivity contribution in [3.63, 3.8) is 0 Å². The van der Waals surface area contributed by atoms with Crippen molar-refractivity contribution < 1.29 is 0 Å². The molecular weight excluding hydrogens is 484 g/mol. The number of anilines is 2. The van der Waals surface area contributed by atoms with E-state index in [2.05, 4.69) is 162 Å². The summed E-state index contributed by atoms with van der Waals surface area (Å²) in [5.41, 5.74) is 8.09. The van der Waals surface area contributed by atoms with Gasteiger partial charge in [-0.05, 0) is 57.9 Å². The van der Waals surface area contributed by atoms with Crippen LogP contribution in [-0.2, 0) is 0 Å². The summed E-state index contributed by atoms with van der Waals surface area (Å²) in [4.78, 5) is 0. The van der Waals surface area contributed by atoms with E-state index < -0.39 is 0 Å². The van der Waals surface area contributed by atoms with Gasteiger partial charge in [0.05, 0.1) is 16.7 Å². The molecule has 0 amide bonds. The van der Waals surface area contributed by atoms with Gasteiger partial charge in [-0.3, -0.25) is 0 Å². The number of rotatable bonds is 4. The first-order chi connectivity index (χ1) is 19.8. The molecule has 0 aliphatic carbocycles. The molecule has 0 spiro atoms. The van der Waals surface area contributed by atoms with Gasteiger partial charge in [0.25, 0.3) is 0 Å². The molecule has 8 aromatic rings. The lowest BCUT2D eigenvalue weighted by molar-refractivity contribution is 1.18. The second-order valence-electron chi connectivity index (χ2n) is 10.3. The van der Waals surface area contributed by atoms with Gasteiger partial charge in [0, 0.05) is 33.3 Å². The fourth-order valence-corrected chi connectivity index (χ4v) is 6.15. The summed E-state index contributed by atoms with van der Waals surface area (Å²) in [6, 6.07) is 54.3. The van der Waals surface area contributed by atoms with Gasteiger partial charge in [-0.15, -0.1) is 0 Å². The molecule has 2 nitrogen and oxygen atoms in total. The fraction of sp³-hybridized carbons (Fsp3) is 0. The second-order valence-corrected chi connectivity index (χ2v) is 10.3. The molecule has 7 aromatic carbocycles. The van der Waals surface area contributed by atoms with Crippen LogP contribution in [0.3, 0.4) is 0 Å². The van der Waals surface area contributed by atoms with Crippen molar-refractivity contribution >= 4 is 54.7 Å². The van der Waals surface area contributed by atoms with Crippen LogP contribution in [0.4, 0.5) is 11.4 Å². The molecule has 0 aliphatic heterocycles. The molecule has 1 N–H and O–H groups in total. The van der Waals surface area contributed by atoms with Crippen molar-refractivity contribution in [1.82, 2.24) is 4.57 Å². The maximum atomic E-state index is 3.75. The van der Waals surface area contributed by atoms with Gasteiger partial charge in [0.1, 0.15) is 0 Å². The summed E-state index contributed by atoms with van der Waals surface area (Å²) >= 11 is 0. The molecule has 1 heterocycles. The van der Waals surface area contributed by atoms with Crippen LogP contribution >= 0.6 is 0 Å². The van der Waals surface area contributed by atoms with Crippen molar-refractivity contribution in [1.29, 1.82) is 0 Å². The zero-order valence-electron chi connectivity index (χ0n) is 21.9. The zero-order chi connectivity index (χ0) is 26.5. The average molecular weight is 511 g/mol. The van der Waals surface area contributed by atoms with E-state index in [1.807, 2.05) is 0 Å². The highest BCUT2D eigenvalue weighted by atomic mass is 15.0. The highest BCUT2D eigenvalue weighted by Crippen LogP contribution is 2.39. The van der Waals surface area contributed by atoms with Crippen LogP contribution < -0.4 is 5.32 Å². The maximum Gasteiger partial charge on any atom is 0.0541 e. The Balaban J connectivity index is 1.28. The Morgan fingerprint density at radius 3 is 1.77 bits per heavy atom. The summed E-state index contributed by atoms with van der Waals surface area (Å²) in [6.45, 7) is 0. The molecule has 0 radical (unpaired) electrons. The van der Waals surface area contributed by atoms with E-state index in [1.165, 1.54) is 60.2 Å². The Bertz CT molecular complexity index is 2150. The number of hydrogen-bond acceptors (Lipinski definition) is 1. The van der Waals surface area contributed by atoms with E-state index in [4.69, 9.17) is 0 Å². The Morgan fingerprint density at radius 2 is 0.975 bits per heavy atom. The molecule has 0 atom stereocenters. The van der Waals surface area contributed by atoms with Gasteiger partial charge in [-0.1, -0.05) is 115 Å². The van der Waals surface area contributed by atoms with Gasteiger partial charge < -0.3 is 9.88 Å². The number of nitrogens with one attached hydrogen (secondary N) is 1. The monoisotopic (exact) mass is 510 g/mol. The van der Waals surface area contributed by atoms with Gasteiger partial charge in [0.15, 0.2) is 0 Å². The van der Waals surface area contributed by atoms with Crippen LogP contribution in [0, 0.1) is 0 Å². The molecule has 0 fully saturated rings. The molecule has 0 unspecified atom stereocenters. The first-order valence-electron chi connectivity index (χ1n) is 13.7. The molecule has 8 rings (SSSR count). The van der Waals surface area contributed by atoms with E-state index in [0.717, 1.165) is 11.4 Å². The van der Waals surface area contributed by atoms with Crippen molar-refractivity contribution in [2.24, 2.45) is 0 Å². The summed E-state index contributed by atoms with van der Waals surface area (Å²) < 4.78 is 2.40. The number of hydrogen-bond donors (Lipinski definition) is 1. The van der Waals surface area contributed by atoms with Crippen LogP contribution in [-0.4, -0.2) is 4.57 Å². The predicted molar refractivity (Wildman–Crippen MR) is 171 cm³/mol. The minimum Gasteiger partial charge on any atom is -0.355 e. The third-order valence-electron chi connectivity index (χ3n) is 7.97. The average Bonchev–Trinajstić information content (AvgIpc) is 3.35. The lowest BCUT2D eigenvalue weighted by Crippen LogP contribution is -1.99. The van der Waals surface area contributed by atoms with Gasteiger partial charge in [0.2, 0.25) is 0 Å². The van der Waals surface area contributed by atoms with Crippen LogP contribution in [0.1, 0.15) is 0 Å². The van der Waals surface area contributed by atoms with E-state index in [1.54, 1.807) is 0 Å². The molecule has 1 aromatic heterocycles. The molecule has 188 valence electrons. The highest BCUT2D eigenvalue weighted by Gasteiger charge is 2.16. The van der Waals surface area contributed by atoms with Crippen LogP contribution in [0.25, 0.3) is 60.2 Å². The van der Waals surface area contributed by atoms with Crippen molar-refractivity contribution in [2.75, 3.05) is 5.32 Å². The van der Waals surface area contributed by atoms with Crippen LogP contribution in [0.2, 0.25) is 0 Å². The lowest BCUT2D eigenvalue weighted by Gasteiger charge is -2.18. The van der Waals surface area contributed by atoms with Gasteiger partial charge >= 0.3 is 0 Å². The minimum atomic E-state index is 1.07. The molecular formula is C38H26N2. The van der Waals surface area contributed by atoms with E-state index in [0.29, 0.717) is 0 Å². The Labute approximate surface area is 232 Å². The smallest absolute Gasteiger partial charge is 0.0541 e. The number of fused-ring (bicyclic) bond motifs is 6. The van der Waals surface area contributed by atoms with Gasteiger partial charge in [-0.25, -0.2) is 0 Å². The first kappa shape index (κ1) is 22.6. The van der Waals surface area contributed by atoms with Crippen molar-refractivity contribution in [3.8, 4) is 16.8 Å². The molecule has 0 bridgehead atoms. The van der Waals surface area contributed by atoms with Crippen LogP contribution in [0.15, 0.2) is 152 Å². The lowest BCUT2D eigenvalue weighted by atomic mass is 10.00. The Morgan fingerprint density at radius 1 is 0.400 bits per heavy atom. The molecule has 0 saturated carbocycles. The SMILES string of the molecule is c1ccc(-c2ccccc2-n2c3ccccc3c3ccccc32)c(Nc2ccc3c(ccc4ccccc43)c2)c1. The largest absolute Gasteiger partial charge is 0.355 e. The van der Waals surface area contributed by atoms with Gasteiger partial charge in [-0.2, -0.15) is 0 Å². The van der Waals surface area contributed by atoms with E-state index in [-0.39, 0.29) is 0 Å². The third-order valence-corrected chi connectivity index (χ3v) is 7.97. The Hall–Kier alpha value is -5.34. The predicted octanol–water partition coefficient (Wildman–Crippen LogP) is 10.5. The Kier molecular flexibility index (Phi) is 5.17. The first-order valence-corrected chi connectivity index (χ1v) is 13.7. The van der Waals surface area contributed by atoms with Crippen molar-refractivity contribution in [2.45, 2.75) is 0 Å². The fourth-order valence-electron chi connectivity index (χ4n) is 6.15. The topological polar surface area (TPSA) is 17.0 Å². The number of aromatic nitrogens is 1.